The van der Waals surface area contributed by atoms with Gasteiger partial charge in [-0.2, -0.15) is 5.26 Å². The third-order valence-electron chi connectivity index (χ3n) is 3.68. The lowest BCUT2D eigenvalue weighted by molar-refractivity contribution is -0.123. The van der Waals surface area contributed by atoms with E-state index in [0.29, 0.717) is 30.9 Å². The lowest BCUT2D eigenvalue weighted by atomic mass is 9.97. The van der Waals surface area contributed by atoms with E-state index in [1.807, 2.05) is 6.07 Å². The number of nitrogens with two attached hydrogens (primary N) is 1. The van der Waals surface area contributed by atoms with E-state index in [9.17, 15) is 9.59 Å². The summed E-state index contributed by atoms with van der Waals surface area (Å²) in [6.45, 7) is 2.75. The number of amides is 2. The maximum absolute atomic E-state index is 11.8. The van der Waals surface area contributed by atoms with Gasteiger partial charge in [0.15, 0.2) is 0 Å². The van der Waals surface area contributed by atoms with Crippen molar-refractivity contribution < 1.29 is 9.59 Å². The van der Waals surface area contributed by atoms with Crippen molar-refractivity contribution in [3.63, 3.8) is 0 Å². The molecule has 7 nitrogen and oxygen atoms in total. The molecule has 1 aliphatic heterocycles. The summed E-state index contributed by atoms with van der Waals surface area (Å²) in [5.74, 6) is -0.574. The number of rotatable bonds is 5. The Bertz CT molecular complexity index is 560. The van der Waals surface area contributed by atoms with Gasteiger partial charge in [0.1, 0.15) is 11.8 Å². The molecule has 2 amide bonds. The summed E-state index contributed by atoms with van der Waals surface area (Å²) in [5, 5.41) is 11.5. The molecule has 1 aliphatic rings. The van der Waals surface area contributed by atoms with Crippen molar-refractivity contribution >= 4 is 11.8 Å². The van der Waals surface area contributed by atoms with E-state index in [1.54, 1.807) is 0 Å². The molecule has 1 aromatic rings. The molecule has 0 spiro atoms. The number of aromatic amines is 1. The van der Waals surface area contributed by atoms with Crippen LogP contribution in [-0.2, 0) is 4.79 Å². The second kappa shape index (κ2) is 6.90. The first kappa shape index (κ1) is 15.1. The topological polar surface area (TPSA) is 115 Å². The van der Waals surface area contributed by atoms with Gasteiger partial charge in [-0.3, -0.25) is 9.59 Å². The van der Waals surface area contributed by atoms with E-state index in [1.165, 1.54) is 12.3 Å². The number of carbonyl (C=O) groups is 2. The first-order chi connectivity index (χ1) is 10.1. The summed E-state index contributed by atoms with van der Waals surface area (Å²) in [6.07, 6.45) is 3.29. The number of H-pyrrole nitrogens is 1. The highest BCUT2D eigenvalue weighted by Gasteiger charge is 2.23. The van der Waals surface area contributed by atoms with Gasteiger partial charge in [-0.05, 0) is 25.5 Å². The molecule has 0 bridgehead atoms. The van der Waals surface area contributed by atoms with Crippen molar-refractivity contribution in [2.45, 2.75) is 12.8 Å². The molecule has 1 atom stereocenters. The molecule has 7 heteroatoms. The Morgan fingerprint density at radius 3 is 3.05 bits per heavy atom. The minimum Gasteiger partial charge on any atom is -0.369 e. The number of aromatic nitrogens is 1. The molecule has 1 aromatic heterocycles. The Morgan fingerprint density at radius 2 is 2.38 bits per heavy atom. The van der Waals surface area contributed by atoms with E-state index in [-0.39, 0.29) is 17.7 Å². The zero-order valence-electron chi connectivity index (χ0n) is 11.8. The predicted molar refractivity (Wildman–Crippen MR) is 76.2 cm³/mol. The molecule has 2 heterocycles. The van der Waals surface area contributed by atoms with E-state index < -0.39 is 0 Å². The molecule has 1 unspecified atom stereocenters. The second-order valence-electron chi connectivity index (χ2n) is 5.21. The van der Waals surface area contributed by atoms with Gasteiger partial charge in [-0.1, -0.05) is 0 Å². The minimum absolute atomic E-state index is 0.0870. The third kappa shape index (κ3) is 4.07. The van der Waals surface area contributed by atoms with E-state index >= 15 is 0 Å². The van der Waals surface area contributed by atoms with E-state index in [4.69, 9.17) is 11.0 Å². The lowest BCUT2D eigenvalue weighted by Crippen LogP contribution is -2.44. The molecule has 2 rings (SSSR count). The van der Waals surface area contributed by atoms with E-state index in [2.05, 4.69) is 15.2 Å². The van der Waals surface area contributed by atoms with Crippen LogP contribution >= 0.6 is 0 Å². The normalized spacial score (nSPS) is 18.9. The SMILES string of the molecule is N#Cc1c[nH]c(C(=O)NCCN2CCCC(C(N)=O)C2)c1. The van der Waals surface area contributed by atoms with Crippen LogP contribution in [0, 0.1) is 17.2 Å². The first-order valence-electron chi connectivity index (χ1n) is 6.98. The van der Waals surface area contributed by atoms with Crippen LogP contribution in [0.15, 0.2) is 12.3 Å². The monoisotopic (exact) mass is 289 g/mol. The Labute approximate surface area is 123 Å². The number of carbonyl (C=O) groups excluding carboxylic acids is 2. The largest absolute Gasteiger partial charge is 0.369 e. The van der Waals surface area contributed by atoms with Gasteiger partial charge in [-0.15, -0.1) is 0 Å². The van der Waals surface area contributed by atoms with E-state index in [0.717, 1.165) is 19.4 Å². The average molecular weight is 289 g/mol. The second-order valence-corrected chi connectivity index (χ2v) is 5.21. The molecule has 4 N–H and O–H groups in total. The van der Waals surface area contributed by atoms with Crippen LogP contribution in [0.4, 0.5) is 0 Å². The summed E-state index contributed by atoms with van der Waals surface area (Å²) in [6, 6.07) is 3.48. The predicted octanol–water partition coefficient (Wildman–Crippen LogP) is -0.187. The smallest absolute Gasteiger partial charge is 0.267 e. The van der Waals surface area contributed by atoms with Crippen LogP contribution in [0.5, 0.6) is 0 Å². The number of hydrogen-bond donors (Lipinski definition) is 3. The molecule has 1 saturated heterocycles. The Balaban J connectivity index is 1.75. The number of likely N-dealkylation sites (tertiary alicyclic amines) is 1. The first-order valence-corrected chi connectivity index (χ1v) is 6.98. The number of nitrogens with one attached hydrogen (secondary N) is 2. The van der Waals surface area contributed by atoms with Crippen molar-refractivity contribution in [1.29, 1.82) is 5.26 Å². The number of hydrogen-bond acceptors (Lipinski definition) is 4. The van der Waals surface area contributed by atoms with Crippen LogP contribution in [0.25, 0.3) is 0 Å². The highest BCUT2D eigenvalue weighted by molar-refractivity contribution is 5.92. The molecule has 1 fully saturated rings. The molecule has 0 saturated carbocycles. The van der Waals surface area contributed by atoms with Crippen molar-refractivity contribution in [2.24, 2.45) is 11.7 Å². The van der Waals surface area contributed by atoms with Crippen molar-refractivity contribution in [2.75, 3.05) is 26.2 Å². The summed E-state index contributed by atoms with van der Waals surface area (Å²) in [4.78, 5) is 27.9. The molecule has 0 aromatic carbocycles. The maximum Gasteiger partial charge on any atom is 0.267 e. The Hall–Kier alpha value is -2.33. The summed E-state index contributed by atoms with van der Waals surface area (Å²) >= 11 is 0. The number of piperidine rings is 1. The summed E-state index contributed by atoms with van der Waals surface area (Å²) in [5.41, 5.74) is 6.14. The summed E-state index contributed by atoms with van der Waals surface area (Å²) < 4.78 is 0. The highest BCUT2D eigenvalue weighted by Crippen LogP contribution is 2.15. The quantitative estimate of drug-likeness (QED) is 0.697. The van der Waals surface area contributed by atoms with Gasteiger partial charge in [-0.25, -0.2) is 0 Å². The molecular weight excluding hydrogens is 270 g/mol. The standard InChI is InChI=1S/C14H19N5O2/c15-7-10-6-12(18-8-10)14(21)17-3-5-19-4-1-2-11(9-19)13(16)20/h6,8,11,18H,1-5,9H2,(H2,16,20)(H,17,21). The number of primary amides is 1. The Kier molecular flexibility index (Phi) is 4.95. The van der Waals surface area contributed by atoms with Crippen LogP contribution in [0.1, 0.15) is 28.9 Å². The van der Waals surface area contributed by atoms with Gasteiger partial charge in [0.2, 0.25) is 5.91 Å². The van der Waals surface area contributed by atoms with Gasteiger partial charge in [0.05, 0.1) is 11.5 Å². The molecular formula is C14H19N5O2. The van der Waals surface area contributed by atoms with Crippen LogP contribution < -0.4 is 11.1 Å². The van der Waals surface area contributed by atoms with Crippen molar-refractivity contribution in [1.82, 2.24) is 15.2 Å². The van der Waals surface area contributed by atoms with Gasteiger partial charge in [0, 0.05) is 25.8 Å². The zero-order valence-corrected chi connectivity index (χ0v) is 11.8. The van der Waals surface area contributed by atoms with Crippen LogP contribution in [0.3, 0.4) is 0 Å². The lowest BCUT2D eigenvalue weighted by Gasteiger charge is -2.30. The van der Waals surface area contributed by atoms with Gasteiger partial charge >= 0.3 is 0 Å². The van der Waals surface area contributed by atoms with Gasteiger partial charge < -0.3 is 20.9 Å². The summed E-state index contributed by atoms with van der Waals surface area (Å²) in [7, 11) is 0. The van der Waals surface area contributed by atoms with Gasteiger partial charge in [0.25, 0.3) is 5.91 Å². The fourth-order valence-electron chi connectivity index (χ4n) is 2.50. The average Bonchev–Trinajstić information content (AvgIpc) is 2.96. The molecule has 0 aliphatic carbocycles. The van der Waals surface area contributed by atoms with Crippen LogP contribution in [-0.4, -0.2) is 47.9 Å². The number of nitriles is 1. The van der Waals surface area contributed by atoms with Crippen molar-refractivity contribution in [3.05, 3.63) is 23.5 Å². The maximum atomic E-state index is 11.8. The highest BCUT2D eigenvalue weighted by atomic mass is 16.2. The molecule has 21 heavy (non-hydrogen) atoms. The Morgan fingerprint density at radius 1 is 1.57 bits per heavy atom. The third-order valence-corrected chi connectivity index (χ3v) is 3.68. The van der Waals surface area contributed by atoms with Crippen LogP contribution in [0.2, 0.25) is 0 Å². The zero-order chi connectivity index (χ0) is 15.2. The number of nitrogens with zero attached hydrogens (tertiary/aromatic N) is 2. The van der Waals surface area contributed by atoms with Crippen molar-refractivity contribution in [3.8, 4) is 6.07 Å². The fraction of sp³-hybridized carbons (Fsp3) is 0.500. The molecule has 112 valence electrons. The minimum atomic E-state index is -0.251. The molecule has 0 radical (unpaired) electrons. The fourth-order valence-corrected chi connectivity index (χ4v) is 2.50.